The molecule has 2 rings (SSSR count). The van der Waals surface area contributed by atoms with E-state index in [4.69, 9.17) is 15.7 Å². The summed E-state index contributed by atoms with van der Waals surface area (Å²) in [6.07, 6.45) is 0. The Kier molecular flexibility index (Phi) is 3.93. The van der Waals surface area contributed by atoms with Crippen molar-refractivity contribution in [2.45, 2.75) is 6.92 Å². The number of hydrogen-bond acceptors (Lipinski definition) is 7. The summed E-state index contributed by atoms with van der Waals surface area (Å²) in [6, 6.07) is 7.18. The fraction of sp³-hybridized carbons (Fsp3) is 0.0833. The van der Waals surface area contributed by atoms with Crippen LogP contribution in [0.15, 0.2) is 35.5 Å². The number of hydrogen-bond donors (Lipinski definition) is 2. The summed E-state index contributed by atoms with van der Waals surface area (Å²) in [5.41, 5.74) is 5.89. The topological polar surface area (TPSA) is 137 Å². The molecule has 108 valence electrons. The monoisotopic (exact) mass is 289 g/mol. The predicted molar refractivity (Wildman–Crippen MR) is 72.5 cm³/mol. The molecule has 0 unspecified atom stereocenters. The number of nitro groups is 1. The molecule has 0 spiro atoms. The standard InChI is InChI=1S/C12H11N5O4/c1-7-6-8(11(13)16-18)15-12(14-7)21-10-5-3-2-4-9(10)17(19)20/h2-6,18H,1H3,(H2,13,16). The van der Waals surface area contributed by atoms with Gasteiger partial charge in [-0.2, -0.15) is 4.98 Å². The van der Waals surface area contributed by atoms with E-state index in [0.29, 0.717) is 5.69 Å². The largest absolute Gasteiger partial charge is 0.417 e. The summed E-state index contributed by atoms with van der Waals surface area (Å²) in [4.78, 5) is 18.3. The van der Waals surface area contributed by atoms with Crippen molar-refractivity contribution >= 4 is 11.5 Å². The zero-order chi connectivity index (χ0) is 15.4. The van der Waals surface area contributed by atoms with Gasteiger partial charge in [0, 0.05) is 11.8 Å². The number of amidine groups is 1. The van der Waals surface area contributed by atoms with Crippen LogP contribution in [-0.2, 0) is 0 Å². The molecule has 9 heteroatoms. The number of aromatic nitrogens is 2. The number of ether oxygens (including phenoxy) is 1. The van der Waals surface area contributed by atoms with E-state index in [9.17, 15) is 10.1 Å². The minimum Gasteiger partial charge on any atom is -0.417 e. The summed E-state index contributed by atoms with van der Waals surface area (Å²) in [5.74, 6) is -0.216. The first-order chi connectivity index (χ1) is 10.0. The number of nitrogens with two attached hydrogens (primary N) is 1. The van der Waals surface area contributed by atoms with Crippen molar-refractivity contribution in [3.8, 4) is 11.8 Å². The Hall–Kier alpha value is -3.23. The molecular weight excluding hydrogens is 278 g/mol. The molecule has 0 atom stereocenters. The van der Waals surface area contributed by atoms with Gasteiger partial charge < -0.3 is 15.7 Å². The molecule has 0 saturated carbocycles. The molecule has 21 heavy (non-hydrogen) atoms. The second kappa shape index (κ2) is 5.82. The lowest BCUT2D eigenvalue weighted by Gasteiger charge is -2.06. The predicted octanol–water partition coefficient (Wildman–Crippen LogP) is 1.58. The zero-order valence-corrected chi connectivity index (χ0v) is 10.9. The molecule has 1 aromatic carbocycles. The molecule has 0 aliphatic heterocycles. The van der Waals surface area contributed by atoms with E-state index in [0.717, 1.165) is 0 Å². The molecule has 3 N–H and O–H groups in total. The van der Waals surface area contributed by atoms with Crippen molar-refractivity contribution in [1.82, 2.24) is 9.97 Å². The summed E-state index contributed by atoms with van der Waals surface area (Å²) in [7, 11) is 0. The van der Waals surface area contributed by atoms with E-state index >= 15 is 0 Å². The maximum Gasteiger partial charge on any atom is 0.323 e. The number of nitrogens with zero attached hydrogens (tertiary/aromatic N) is 4. The molecule has 0 aliphatic carbocycles. The molecule has 0 fully saturated rings. The molecule has 0 amide bonds. The smallest absolute Gasteiger partial charge is 0.323 e. The highest BCUT2D eigenvalue weighted by molar-refractivity contribution is 5.95. The Morgan fingerprint density at radius 2 is 2.14 bits per heavy atom. The van der Waals surface area contributed by atoms with Crippen LogP contribution in [0.5, 0.6) is 11.8 Å². The number of para-hydroxylation sites is 2. The van der Waals surface area contributed by atoms with Crippen LogP contribution in [0, 0.1) is 17.0 Å². The van der Waals surface area contributed by atoms with Gasteiger partial charge in [0.25, 0.3) is 0 Å². The van der Waals surface area contributed by atoms with Crippen LogP contribution in [0.1, 0.15) is 11.4 Å². The minimum atomic E-state index is -0.574. The first-order valence-electron chi connectivity index (χ1n) is 5.76. The molecule has 0 bridgehead atoms. The molecule has 0 aliphatic rings. The average Bonchev–Trinajstić information content (AvgIpc) is 2.46. The maximum atomic E-state index is 10.9. The van der Waals surface area contributed by atoms with Crippen molar-refractivity contribution in [2.75, 3.05) is 0 Å². The van der Waals surface area contributed by atoms with Gasteiger partial charge in [0.05, 0.1) is 4.92 Å². The third-order valence-electron chi connectivity index (χ3n) is 2.47. The van der Waals surface area contributed by atoms with Crippen molar-refractivity contribution in [1.29, 1.82) is 0 Å². The zero-order valence-electron chi connectivity index (χ0n) is 10.9. The quantitative estimate of drug-likeness (QED) is 0.286. The highest BCUT2D eigenvalue weighted by Crippen LogP contribution is 2.29. The van der Waals surface area contributed by atoms with Crippen molar-refractivity contribution in [3.63, 3.8) is 0 Å². The van der Waals surface area contributed by atoms with Crippen molar-refractivity contribution in [3.05, 3.63) is 51.8 Å². The minimum absolute atomic E-state index is 0.00133. The highest BCUT2D eigenvalue weighted by Gasteiger charge is 2.16. The maximum absolute atomic E-state index is 10.9. The Bertz CT molecular complexity index is 717. The first kappa shape index (κ1) is 14.2. The average molecular weight is 289 g/mol. The Labute approximate surface area is 118 Å². The Balaban J connectivity index is 2.41. The van der Waals surface area contributed by atoms with Gasteiger partial charge in [-0.05, 0) is 19.1 Å². The highest BCUT2D eigenvalue weighted by atomic mass is 16.6. The fourth-order valence-electron chi connectivity index (χ4n) is 1.56. The van der Waals surface area contributed by atoms with E-state index in [1.807, 2.05) is 0 Å². The van der Waals surface area contributed by atoms with Crippen molar-refractivity contribution in [2.24, 2.45) is 10.9 Å². The van der Waals surface area contributed by atoms with E-state index in [1.165, 1.54) is 24.3 Å². The van der Waals surface area contributed by atoms with Crippen molar-refractivity contribution < 1.29 is 14.9 Å². The first-order valence-corrected chi connectivity index (χ1v) is 5.76. The molecule has 0 radical (unpaired) electrons. The van der Waals surface area contributed by atoms with Crippen LogP contribution in [0.3, 0.4) is 0 Å². The van der Waals surface area contributed by atoms with Gasteiger partial charge in [0.15, 0.2) is 5.84 Å². The molecular formula is C12H11N5O4. The lowest BCUT2D eigenvalue weighted by molar-refractivity contribution is -0.385. The molecule has 1 aromatic heterocycles. The Morgan fingerprint density at radius 1 is 1.43 bits per heavy atom. The van der Waals surface area contributed by atoms with Crippen LogP contribution in [0.25, 0.3) is 0 Å². The van der Waals surface area contributed by atoms with Gasteiger partial charge in [0.2, 0.25) is 5.75 Å². The van der Waals surface area contributed by atoms with Gasteiger partial charge in [-0.1, -0.05) is 17.3 Å². The summed E-state index contributed by atoms with van der Waals surface area (Å²) < 4.78 is 5.33. The normalized spacial score (nSPS) is 11.2. The van der Waals surface area contributed by atoms with Crippen LogP contribution in [0.4, 0.5) is 5.69 Å². The number of benzene rings is 1. The molecule has 0 saturated heterocycles. The van der Waals surface area contributed by atoms with E-state index in [2.05, 4.69) is 15.1 Å². The number of rotatable bonds is 4. The molecule has 2 aromatic rings. The van der Waals surface area contributed by atoms with Crippen LogP contribution in [-0.4, -0.2) is 25.9 Å². The summed E-state index contributed by atoms with van der Waals surface area (Å²) in [6.45, 7) is 1.65. The third kappa shape index (κ3) is 3.21. The van der Waals surface area contributed by atoms with E-state index in [-0.39, 0.29) is 29.0 Å². The lowest BCUT2D eigenvalue weighted by Crippen LogP contribution is -2.16. The summed E-state index contributed by atoms with van der Waals surface area (Å²) in [5, 5.41) is 22.4. The fourth-order valence-corrected chi connectivity index (χ4v) is 1.56. The van der Waals surface area contributed by atoms with Crippen LogP contribution in [0.2, 0.25) is 0 Å². The van der Waals surface area contributed by atoms with Gasteiger partial charge in [-0.15, -0.1) is 0 Å². The second-order valence-electron chi connectivity index (χ2n) is 3.99. The van der Waals surface area contributed by atoms with Gasteiger partial charge in [0.1, 0.15) is 5.69 Å². The lowest BCUT2D eigenvalue weighted by atomic mass is 10.3. The molecule has 9 nitrogen and oxygen atoms in total. The van der Waals surface area contributed by atoms with Gasteiger partial charge >= 0.3 is 11.7 Å². The van der Waals surface area contributed by atoms with Crippen LogP contribution < -0.4 is 10.5 Å². The SMILES string of the molecule is Cc1cc(/C(N)=N/O)nc(Oc2ccccc2[N+](=O)[O-])n1. The van der Waals surface area contributed by atoms with Gasteiger partial charge in [-0.25, -0.2) is 4.98 Å². The number of oxime groups is 1. The van der Waals surface area contributed by atoms with E-state index < -0.39 is 4.92 Å². The Morgan fingerprint density at radius 3 is 2.81 bits per heavy atom. The van der Waals surface area contributed by atoms with Gasteiger partial charge in [-0.3, -0.25) is 10.1 Å². The number of nitro benzene ring substituents is 1. The summed E-state index contributed by atoms with van der Waals surface area (Å²) >= 11 is 0. The second-order valence-corrected chi connectivity index (χ2v) is 3.99. The molecule has 1 heterocycles. The van der Waals surface area contributed by atoms with Crippen LogP contribution >= 0.6 is 0 Å². The van der Waals surface area contributed by atoms with E-state index in [1.54, 1.807) is 13.0 Å². The number of aryl methyl sites for hydroxylation is 1. The third-order valence-corrected chi connectivity index (χ3v) is 2.47.